The van der Waals surface area contributed by atoms with E-state index in [4.69, 9.17) is 0 Å². The molecule has 0 aliphatic carbocycles. The van der Waals surface area contributed by atoms with Crippen LogP contribution >= 0.6 is 0 Å². The quantitative estimate of drug-likeness (QED) is 0.398. The summed E-state index contributed by atoms with van der Waals surface area (Å²) >= 11 is 0. The van der Waals surface area contributed by atoms with Crippen LogP contribution in [0, 0.1) is 0 Å². The average molecular weight is 291 g/mol. The van der Waals surface area contributed by atoms with Gasteiger partial charge >= 0.3 is 11.8 Å². The lowest BCUT2D eigenvalue weighted by Gasteiger charge is -2.13. The number of benzene rings is 1. The van der Waals surface area contributed by atoms with Crippen LogP contribution in [0.4, 0.5) is 5.69 Å². The lowest BCUT2D eigenvalue weighted by atomic mass is 10.0. The lowest BCUT2D eigenvalue weighted by Crippen LogP contribution is -2.36. The van der Waals surface area contributed by atoms with Crippen LogP contribution in [0.15, 0.2) is 24.3 Å². The molecule has 3 amide bonds. The first kappa shape index (κ1) is 16.7. The van der Waals surface area contributed by atoms with Gasteiger partial charge in [0.1, 0.15) is 0 Å². The second-order valence-corrected chi connectivity index (χ2v) is 4.88. The second kappa shape index (κ2) is 8.73. The maximum absolute atomic E-state index is 11.8. The van der Waals surface area contributed by atoms with Gasteiger partial charge < -0.3 is 16.0 Å². The summed E-state index contributed by atoms with van der Waals surface area (Å²) in [6.45, 7) is 4.83. The van der Waals surface area contributed by atoms with Crippen molar-refractivity contribution in [3.8, 4) is 0 Å². The van der Waals surface area contributed by atoms with Crippen molar-refractivity contribution < 1.29 is 14.4 Å². The molecule has 0 fully saturated rings. The molecule has 0 atom stereocenters. The molecule has 6 nitrogen and oxygen atoms in total. The van der Waals surface area contributed by atoms with Gasteiger partial charge in [-0.25, -0.2) is 0 Å². The van der Waals surface area contributed by atoms with Gasteiger partial charge in [-0.05, 0) is 24.0 Å². The van der Waals surface area contributed by atoms with Crippen LogP contribution in [0.3, 0.4) is 0 Å². The topological polar surface area (TPSA) is 87.3 Å². The smallest absolute Gasteiger partial charge is 0.313 e. The minimum atomic E-state index is -0.688. The summed E-state index contributed by atoms with van der Waals surface area (Å²) in [5.74, 6) is -1.12. The molecule has 0 aromatic heterocycles. The Bertz CT molecular complexity index is 501. The minimum absolute atomic E-state index is 0.249. The van der Waals surface area contributed by atoms with Gasteiger partial charge in [-0.2, -0.15) is 0 Å². The van der Waals surface area contributed by atoms with E-state index in [0.29, 0.717) is 31.6 Å². The van der Waals surface area contributed by atoms with Crippen LogP contribution in [0.1, 0.15) is 31.7 Å². The number of hydrogen-bond donors (Lipinski definition) is 3. The highest BCUT2D eigenvalue weighted by Crippen LogP contribution is 2.23. The highest BCUT2D eigenvalue weighted by Gasteiger charge is 2.15. The zero-order valence-corrected chi connectivity index (χ0v) is 12.3. The molecule has 0 radical (unpaired) electrons. The van der Waals surface area contributed by atoms with Gasteiger partial charge in [-0.1, -0.05) is 32.0 Å². The van der Waals surface area contributed by atoms with Crippen LogP contribution in [-0.2, 0) is 14.4 Å². The van der Waals surface area contributed by atoms with E-state index in [2.05, 4.69) is 16.0 Å². The lowest BCUT2D eigenvalue weighted by molar-refractivity contribution is -0.136. The molecule has 0 unspecified atom stereocenters. The maximum Gasteiger partial charge on any atom is 0.313 e. The summed E-state index contributed by atoms with van der Waals surface area (Å²) in [4.78, 5) is 33.5. The minimum Gasteiger partial charge on any atom is -0.359 e. The Morgan fingerprint density at radius 1 is 1.14 bits per heavy atom. The largest absolute Gasteiger partial charge is 0.359 e. The maximum atomic E-state index is 11.8. The zero-order chi connectivity index (χ0) is 15.7. The van der Waals surface area contributed by atoms with E-state index in [-0.39, 0.29) is 5.92 Å². The Morgan fingerprint density at radius 2 is 1.86 bits per heavy atom. The summed E-state index contributed by atoms with van der Waals surface area (Å²) in [6.07, 6.45) is 1.16. The molecule has 1 rings (SSSR count). The number of para-hydroxylation sites is 1. The monoisotopic (exact) mass is 291 g/mol. The first-order valence-electron chi connectivity index (χ1n) is 6.91. The molecule has 0 aliphatic heterocycles. The van der Waals surface area contributed by atoms with Crippen LogP contribution in [0.2, 0.25) is 0 Å². The number of carbonyl (C=O) groups is 3. The third kappa shape index (κ3) is 5.64. The summed E-state index contributed by atoms with van der Waals surface area (Å²) in [6, 6.07) is 7.40. The Hall–Kier alpha value is -2.37. The number of hydrogen-bond acceptors (Lipinski definition) is 3. The van der Waals surface area contributed by atoms with Gasteiger partial charge in [0.25, 0.3) is 0 Å². The van der Waals surface area contributed by atoms with Crippen molar-refractivity contribution in [2.24, 2.45) is 0 Å². The van der Waals surface area contributed by atoms with Crippen LogP contribution < -0.4 is 16.0 Å². The van der Waals surface area contributed by atoms with E-state index < -0.39 is 11.8 Å². The molecular formula is C15H21N3O3. The van der Waals surface area contributed by atoms with E-state index in [1.165, 1.54) is 0 Å². The molecule has 1 aromatic carbocycles. The molecule has 0 saturated heterocycles. The summed E-state index contributed by atoms with van der Waals surface area (Å²) < 4.78 is 0. The number of carbonyl (C=O) groups excluding carboxylic acids is 3. The Morgan fingerprint density at radius 3 is 2.52 bits per heavy atom. The Balaban J connectivity index is 2.49. The van der Waals surface area contributed by atoms with E-state index in [1.807, 2.05) is 32.0 Å². The molecule has 21 heavy (non-hydrogen) atoms. The van der Waals surface area contributed by atoms with Crippen molar-refractivity contribution in [3.05, 3.63) is 29.8 Å². The van der Waals surface area contributed by atoms with E-state index in [0.717, 1.165) is 5.56 Å². The molecule has 0 aliphatic rings. The van der Waals surface area contributed by atoms with Gasteiger partial charge in [0.05, 0.1) is 0 Å². The van der Waals surface area contributed by atoms with Gasteiger partial charge in [0.15, 0.2) is 0 Å². The van der Waals surface area contributed by atoms with Crippen LogP contribution in [-0.4, -0.2) is 31.3 Å². The first-order valence-corrected chi connectivity index (χ1v) is 6.91. The van der Waals surface area contributed by atoms with Crippen molar-refractivity contribution in [3.63, 3.8) is 0 Å². The fourth-order valence-electron chi connectivity index (χ4n) is 1.82. The standard InChI is InChI=1S/C15H21N3O3/c1-11(2)12-6-3-4-7-13(12)18-15(21)14(20)17-9-5-8-16-10-19/h3-4,6-7,10-11H,5,8-9H2,1-2H3,(H,16,19)(H,17,20)(H,18,21). The Kier molecular flexibility index (Phi) is 6.94. The van der Waals surface area contributed by atoms with Crippen molar-refractivity contribution in [2.45, 2.75) is 26.2 Å². The predicted molar refractivity (Wildman–Crippen MR) is 80.9 cm³/mol. The Labute approximate surface area is 124 Å². The molecule has 114 valence electrons. The third-order valence-electron chi connectivity index (χ3n) is 2.90. The zero-order valence-electron chi connectivity index (χ0n) is 12.3. The number of rotatable bonds is 7. The summed E-state index contributed by atoms with van der Waals surface area (Å²) in [5, 5.41) is 7.60. The van der Waals surface area contributed by atoms with Crippen LogP contribution in [0.5, 0.6) is 0 Å². The van der Waals surface area contributed by atoms with Gasteiger partial charge in [0.2, 0.25) is 6.41 Å². The molecule has 0 heterocycles. The molecule has 0 bridgehead atoms. The van der Waals surface area contributed by atoms with Crippen molar-refractivity contribution >= 4 is 23.9 Å². The molecule has 0 saturated carbocycles. The van der Waals surface area contributed by atoms with Crippen molar-refractivity contribution in [1.82, 2.24) is 10.6 Å². The van der Waals surface area contributed by atoms with E-state index in [1.54, 1.807) is 6.07 Å². The van der Waals surface area contributed by atoms with Gasteiger partial charge in [-0.15, -0.1) is 0 Å². The fourth-order valence-corrected chi connectivity index (χ4v) is 1.82. The normalized spacial score (nSPS) is 10.0. The highest BCUT2D eigenvalue weighted by molar-refractivity contribution is 6.39. The molecule has 1 aromatic rings. The van der Waals surface area contributed by atoms with Gasteiger partial charge in [0, 0.05) is 18.8 Å². The van der Waals surface area contributed by atoms with Crippen LogP contribution in [0.25, 0.3) is 0 Å². The van der Waals surface area contributed by atoms with Gasteiger partial charge in [-0.3, -0.25) is 14.4 Å². The molecule has 0 spiro atoms. The third-order valence-corrected chi connectivity index (χ3v) is 2.90. The SMILES string of the molecule is CC(C)c1ccccc1NC(=O)C(=O)NCCCNC=O. The van der Waals surface area contributed by atoms with E-state index >= 15 is 0 Å². The molecule has 6 heteroatoms. The highest BCUT2D eigenvalue weighted by atomic mass is 16.2. The number of amides is 3. The summed E-state index contributed by atoms with van der Waals surface area (Å²) in [7, 11) is 0. The van der Waals surface area contributed by atoms with Crippen molar-refractivity contribution in [2.75, 3.05) is 18.4 Å². The predicted octanol–water partition coefficient (Wildman–Crippen LogP) is 1.00. The molecule has 3 N–H and O–H groups in total. The van der Waals surface area contributed by atoms with Crippen molar-refractivity contribution in [1.29, 1.82) is 0 Å². The second-order valence-electron chi connectivity index (χ2n) is 4.88. The molecular weight excluding hydrogens is 270 g/mol. The summed E-state index contributed by atoms with van der Waals surface area (Å²) in [5.41, 5.74) is 1.63. The fraction of sp³-hybridized carbons (Fsp3) is 0.400. The first-order chi connectivity index (χ1) is 10.1. The number of nitrogens with one attached hydrogen (secondary N) is 3. The average Bonchev–Trinajstić information content (AvgIpc) is 2.47. The number of anilines is 1. The van der Waals surface area contributed by atoms with E-state index in [9.17, 15) is 14.4 Å².